The molecule has 4 heteroatoms. The molecule has 0 aliphatic heterocycles. The number of rotatable bonds is 0. The van der Waals surface area contributed by atoms with Gasteiger partial charge in [0.1, 0.15) is 5.82 Å². The van der Waals surface area contributed by atoms with E-state index in [-0.39, 0.29) is 6.07 Å². The lowest BCUT2D eigenvalue weighted by atomic mass is 10.2. The predicted octanol–water partition coefficient (Wildman–Crippen LogP) is 2.43. The predicted molar refractivity (Wildman–Crippen MR) is 30.7 cm³/mol. The van der Waals surface area contributed by atoms with Crippen LogP contribution < -0.4 is 0 Å². The summed E-state index contributed by atoms with van der Waals surface area (Å²) in [5, 5.41) is 0. The highest BCUT2D eigenvalue weighted by molar-refractivity contribution is 5.24. The fourth-order valence-electron chi connectivity index (χ4n) is 0.604. The zero-order chi connectivity index (χ0) is 8.59. The van der Waals surface area contributed by atoms with Gasteiger partial charge >= 0.3 is 0 Å². The van der Waals surface area contributed by atoms with Crippen molar-refractivity contribution in [1.29, 1.82) is 0 Å². The van der Waals surface area contributed by atoms with Gasteiger partial charge in [0.05, 0.1) is 0 Å². The van der Waals surface area contributed by atoms with Crippen LogP contribution in [0.3, 0.4) is 0 Å². The molecule has 0 heterocycles. The summed E-state index contributed by atoms with van der Waals surface area (Å²) in [6.07, 6.45) is 0. The first kappa shape index (κ1) is 8.04. The molecule has 0 saturated heterocycles. The van der Waals surface area contributed by atoms with E-state index in [0.717, 1.165) is 0 Å². The molecule has 0 aliphatic rings. The van der Waals surface area contributed by atoms with Crippen molar-refractivity contribution in [3.05, 3.63) is 41.8 Å². The first-order valence-electron chi connectivity index (χ1n) is 2.69. The maximum absolute atomic E-state index is 12.3. The molecule has 1 aromatic carbocycles. The van der Waals surface area contributed by atoms with Gasteiger partial charge in [0.25, 0.3) is 0 Å². The van der Waals surface area contributed by atoms with Crippen LogP contribution in [0.4, 0.5) is 17.6 Å². The molecular weight excluding hydrogens is 160 g/mol. The average molecular weight is 163 g/mol. The third-order valence-electron chi connectivity index (χ3n) is 1.21. The molecule has 0 aliphatic carbocycles. The van der Waals surface area contributed by atoms with Gasteiger partial charge < -0.3 is 0 Å². The highest BCUT2D eigenvalue weighted by atomic mass is 19.2. The van der Waals surface area contributed by atoms with E-state index < -0.39 is 28.8 Å². The molecule has 0 bridgehead atoms. The fraction of sp³-hybridized carbons (Fsp3) is 0. The van der Waals surface area contributed by atoms with Crippen molar-refractivity contribution < 1.29 is 17.6 Å². The number of hydrogen-bond donors (Lipinski definition) is 0. The summed E-state index contributed by atoms with van der Waals surface area (Å²) in [4.78, 5) is 0. The normalized spacial score (nSPS) is 10.3. The summed E-state index contributed by atoms with van der Waals surface area (Å²) in [5.74, 6) is -6.02. The first-order valence-corrected chi connectivity index (χ1v) is 2.69. The fourth-order valence-corrected chi connectivity index (χ4v) is 0.604. The van der Waals surface area contributed by atoms with Crippen molar-refractivity contribution in [2.75, 3.05) is 0 Å². The molecule has 0 unspecified atom stereocenters. The van der Waals surface area contributed by atoms with Crippen molar-refractivity contribution in [1.82, 2.24) is 0 Å². The second-order valence-corrected chi connectivity index (χ2v) is 1.95. The molecule has 0 amide bonds. The Morgan fingerprint density at radius 3 is 2.00 bits per heavy atom. The lowest BCUT2D eigenvalue weighted by molar-refractivity contribution is 0.431. The summed E-state index contributed by atoms with van der Waals surface area (Å²) in [6, 6.07) is 0.251. The van der Waals surface area contributed by atoms with Gasteiger partial charge in [0, 0.05) is 11.6 Å². The average Bonchev–Trinajstić information content (AvgIpc) is 1.97. The van der Waals surface area contributed by atoms with E-state index in [1.165, 1.54) is 0 Å². The molecule has 0 N–H and O–H groups in total. The summed E-state index contributed by atoms with van der Waals surface area (Å²) in [5.41, 5.74) is -0.760. The smallest absolute Gasteiger partial charge is 0.194 e. The molecule has 0 nitrogen and oxygen atoms in total. The number of benzene rings is 1. The van der Waals surface area contributed by atoms with Gasteiger partial charge in [-0.3, -0.25) is 0 Å². The zero-order valence-electron chi connectivity index (χ0n) is 5.30. The highest BCUT2D eigenvalue weighted by Crippen LogP contribution is 2.17. The minimum atomic E-state index is -1.70. The topological polar surface area (TPSA) is 0 Å². The SMILES string of the molecule is [CH2]c1c(F)cc(F)c(F)c1F. The minimum absolute atomic E-state index is 0.251. The Hall–Kier alpha value is -1.06. The molecular formula is C7H3F4. The van der Waals surface area contributed by atoms with E-state index >= 15 is 0 Å². The van der Waals surface area contributed by atoms with Crippen molar-refractivity contribution >= 4 is 0 Å². The monoisotopic (exact) mass is 163 g/mol. The van der Waals surface area contributed by atoms with Crippen LogP contribution in [0, 0.1) is 30.2 Å². The molecule has 0 atom stereocenters. The molecule has 0 fully saturated rings. The molecule has 11 heavy (non-hydrogen) atoms. The summed E-state index contributed by atoms with van der Waals surface area (Å²) in [7, 11) is 0. The number of halogens is 4. The Labute approximate surface area is 60.5 Å². The van der Waals surface area contributed by atoms with Crippen molar-refractivity contribution in [2.24, 2.45) is 0 Å². The molecule has 1 rings (SSSR count). The maximum Gasteiger partial charge on any atom is 0.194 e. The van der Waals surface area contributed by atoms with Gasteiger partial charge in [-0.1, -0.05) is 0 Å². The third kappa shape index (κ3) is 1.20. The summed E-state index contributed by atoms with van der Waals surface area (Å²) in [6.45, 7) is 2.86. The molecule has 0 saturated carbocycles. The van der Waals surface area contributed by atoms with Gasteiger partial charge in [-0.2, -0.15) is 0 Å². The Morgan fingerprint density at radius 1 is 0.909 bits per heavy atom. The summed E-state index contributed by atoms with van der Waals surface area (Å²) >= 11 is 0. The van der Waals surface area contributed by atoms with Crippen LogP contribution in [0.5, 0.6) is 0 Å². The van der Waals surface area contributed by atoms with Gasteiger partial charge in [-0.25, -0.2) is 17.6 Å². The molecule has 1 aromatic rings. The van der Waals surface area contributed by atoms with Gasteiger partial charge in [-0.05, 0) is 6.92 Å². The van der Waals surface area contributed by atoms with Crippen LogP contribution >= 0.6 is 0 Å². The van der Waals surface area contributed by atoms with E-state index in [9.17, 15) is 17.6 Å². The Kier molecular flexibility index (Phi) is 1.85. The quantitative estimate of drug-likeness (QED) is 0.313. The lowest BCUT2D eigenvalue weighted by Crippen LogP contribution is -1.97. The standard InChI is InChI=1S/C7H3F4/c1-3-4(8)2-5(9)7(11)6(3)10/h2H,1H2. The van der Waals surface area contributed by atoms with E-state index in [0.29, 0.717) is 0 Å². The molecule has 1 radical (unpaired) electrons. The van der Waals surface area contributed by atoms with E-state index in [1.54, 1.807) is 0 Å². The van der Waals surface area contributed by atoms with E-state index in [4.69, 9.17) is 0 Å². The molecule has 0 aromatic heterocycles. The second kappa shape index (κ2) is 2.53. The van der Waals surface area contributed by atoms with Crippen LogP contribution in [0.15, 0.2) is 6.07 Å². The van der Waals surface area contributed by atoms with Gasteiger partial charge in [0.15, 0.2) is 17.5 Å². The molecule has 0 spiro atoms. The van der Waals surface area contributed by atoms with Crippen LogP contribution in [0.1, 0.15) is 5.56 Å². The molecule has 59 valence electrons. The van der Waals surface area contributed by atoms with Gasteiger partial charge in [-0.15, -0.1) is 0 Å². The van der Waals surface area contributed by atoms with Crippen LogP contribution in [0.25, 0.3) is 0 Å². The van der Waals surface area contributed by atoms with Crippen LogP contribution in [0.2, 0.25) is 0 Å². The number of hydrogen-bond acceptors (Lipinski definition) is 0. The van der Waals surface area contributed by atoms with Gasteiger partial charge in [0.2, 0.25) is 0 Å². The van der Waals surface area contributed by atoms with E-state index in [2.05, 4.69) is 6.92 Å². The second-order valence-electron chi connectivity index (χ2n) is 1.95. The third-order valence-corrected chi connectivity index (χ3v) is 1.21. The Morgan fingerprint density at radius 2 is 1.45 bits per heavy atom. The lowest BCUT2D eigenvalue weighted by Gasteiger charge is -1.99. The first-order chi connectivity index (χ1) is 5.04. The largest absolute Gasteiger partial charge is 0.206 e. The Balaban J connectivity index is 3.46. The van der Waals surface area contributed by atoms with Crippen molar-refractivity contribution in [2.45, 2.75) is 0 Å². The zero-order valence-corrected chi connectivity index (χ0v) is 5.30. The summed E-state index contributed by atoms with van der Waals surface area (Å²) < 4.78 is 49.0. The minimum Gasteiger partial charge on any atom is -0.206 e. The van der Waals surface area contributed by atoms with Crippen molar-refractivity contribution in [3.8, 4) is 0 Å². The highest BCUT2D eigenvalue weighted by Gasteiger charge is 2.14. The Bertz CT molecular complexity index is 267. The van der Waals surface area contributed by atoms with Crippen LogP contribution in [-0.4, -0.2) is 0 Å². The maximum atomic E-state index is 12.3. The van der Waals surface area contributed by atoms with E-state index in [1.807, 2.05) is 0 Å². The van der Waals surface area contributed by atoms with Crippen molar-refractivity contribution in [3.63, 3.8) is 0 Å². The van der Waals surface area contributed by atoms with Crippen LogP contribution in [-0.2, 0) is 0 Å².